The first-order valence-electron chi connectivity index (χ1n) is 4.78. The number of hydrogen-bond acceptors (Lipinski definition) is 3. The number of nitrogens with two attached hydrogens (primary N) is 1. The van der Waals surface area contributed by atoms with Crippen molar-refractivity contribution < 1.29 is 5.11 Å². The molecule has 0 amide bonds. The second kappa shape index (κ2) is 3.96. The van der Waals surface area contributed by atoms with Crippen LogP contribution in [0, 0.1) is 5.41 Å². The quantitative estimate of drug-likeness (QED) is 0.752. The third-order valence-electron chi connectivity index (χ3n) is 2.27. The van der Waals surface area contributed by atoms with Gasteiger partial charge in [-0.25, -0.2) is 4.98 Å². The molecule has 3 nitrogen and oxygen atoms in total. The molecule has 3 heteroatoms. The van der Waals surface area contributed by atoms with Crippen LogP contribution in [-0.2, 0) is 6.42 Å². The highest BCUT2D eigenvalue weighted by Gasteiger charge is 2.22. The zero-order valence-corrected chi connectivity index (χ0v) is 8.99. The van der Waals surface area contributed by atoms with Crippen LogP contribution in [0.15, 0.2) is 18.3 Å². The molecule has 0 radical (unpaired) electrons. The molecule has 0 aliphatic heterocycles. The Labute approximate surface area is 85.0 Å². The summed E-state index contributed by atoms with van der Waals surface area (Å²) in [5.41, 5.74) is 6.48. The molecule has 0 fully saturated rings. The first-order valence-corrected chi connectivity index (χ1v) is 4.78. The van der Waals surface area contributed by atoms with Gasteiger partial charge in [-0.3, -0.25) is 0 Å². The van der Waals surface area contributed by atoms with Crippen LogP contribution in [0.25, 0.3) is 0 Å². The molecule has 1 atom stereocenters. The van der Waals surface area contributed by atoms with Crippen molar-refractivity contribution >= 4 is 5.82 Å². The van der Waals surface area contributed by atoms with Crippen LogP contribution in [0.3, 0.4) is 0 Å². The topological polar surface area (TPSA) is 59.1 Å². The number of pyridine rings is 1. The number of nitrogen functional groups attached to an aromatic ring is 1. The van der Waals surface area contributed by atoms with Crippen molar-refractivity contribution in [2.24, 2.45) is 5.41 Å². The smallest absolute Gasteiger partial charge is 0.123 e. The largest absolute Gasteiger partial charge is 0.392 e. The summed E-state index contributed by atoms with van der Waals surface area (Å²) in [5, 5.41) is 9.87. The number of aliphatic hydroxyl groups excluding tert-OH is 1. The van der Waals surface area contributed by atoms with Gasteiger partial charge in [0.1, 0.15) is 5.82 Å². The molecule has 14 heavy (non-hydrogen) atoms. The van der Waals surface area contributed by atoms with Crippen LogP contribution in [0.1, 0.15) is 26.3 Å². The van der Waals surface area contributed by atoms with Gasteiger partial charge in [0.2, 0.25) is 0 Å². The molecular formula is C11H18N2O. The Kier molecular flexibility index (Phi) is 3.11. The molecule has 0 aromatic carbocycles. The molecular weight excluding hydrogens is 176 g/mol. The lowest BCUT2D eigenvalue weighted by Gasteiger charge is -2.25. The summed E-state index contributed by atoms with van der Waals surface area (Å²) in [5.74, 6) is 0.503. The maximum absolute atomic E-state index is 9.87. The van der Waals surface area contributed by atoms with Gasteiger partial charge >= 0.3 is 0 Å². The van der Waals surface area contributed by atoms with Crippen molar-refractivity contribution in [3.8, 4) is 0 Å². The van der Waals surface area contributed by atoms with Crippen LogP contribution >= 0.6 is 0 Å². The second-order valence-corrected chi connectivity index (χ2v) is 4.67. The Morgan fingerprint density at radius 3 is 2.64 bits per heavy atom. The molecule has 0 saturated carbocycles. The highest BCUT2D eigenvalue weighted by molar-refractivity contribution is 5.32. The van der Waals surface area contributed by atoms with E-state index in [2.05, 4.69) is 4.98 Å². The van der Waals surface area contributed by atoms with E-state index in [0.29, 0.717) is 12.2 Å². The van der Waals surface area contributed by atoms with Crippen molar-refractivity contribution in [3.63, 3.8) is 0 Å². The van der Waals surface area contributed by atoms with Crippen LogP contribution in [0.5, 0.6) is 0 Å². The Hall–Kier alpha value is -1.09. The molecule has 1 heterocycles. The zero-order valence-electron chi connectivity index (χ0n) is 8.99. The molecule has 0 spiro atoms. The number of anilines is 1. The second-order valence-electron chi connectivity index (χ2n) is 4.67. The normalized spacial score (nSPS) is 14.0. The maximum atomic E-state index is 9.87. The van der Waals surface area contributed by atoms with E-state index < -0.39 is 0 Å². The molecule has 1 unspecified atom stereocenters. The van der Waals surface area contributed by atoms with E-state index in [9.17, 15) is 5.11 Å². The van der Waals surface area contributed by atoms with Gasteiger partial charge in [-0.1, -0.05) is 20.8 Å². The predicted molar refractivity (Wildman–Crippen MR) is 57.8 cm³/mol. The average molecular weight is 194 g/mol. The number of hydrogen-bond donors (Lipinski definition) is 2. The van der Waals surface area contributed by atoms with Gasteiger partial charge in [0.25, 0.3) is 0 Å². The van der Waals surface area contributed by atoms with E-state index in [1.54, 1.807) is 12.3 Å². The van der Waals surface area contributed by atoms with E-state index in [1.165, 1.54) is 0 Å². The summed E-state index contributed by atoms with van der Waals surface area (Å²) in [6.45, 7) is 6.05. The molecule has 0 aliphatic rings. The predicted octanol–water partition coefficient (Wildman–Crippen LogP) is 1.61. The van der Waals surface area contributed by atoms with E-state index in [4.69, 9.17) is 5.73 Å². The minimum Gasteiger partial charge on any atom is -0.392 e. The Morgan fingerprint density at radius 1 is 1.50 bits per heavy atom. The van der Waals surface area contributed by atoms with Gasteiger partial charge < -0.3 is 10.8 Å². The molecule has 0 bridgehead atoms. The van der Waals surface area contributed by atoms with E-state index in [0.717, 1.165) is 5.56 Å². The average Bonchev–Trinajstić information content (AvgIpc) is 2.02. The molecule has 1 rings (SSSR count). The van der Waals surface area contributed by atoms with E-state index >= 15 is 0 Å². The first kappa shape index (κ1) is 11.0. The van der Waals surface area contributed by atoms with Crippen LogP contribution in [0.2, 0.25) is 0 Å². The van der Waals surface area contributed by atoms with Crippen molar-refractivity contribution in [1.82, 2.24) is 4.98 Å². The number of aromatic nitrogens is 1. The van der Waals surface area contributed by atoms with Crippen LogP contribution in [0.4, 0.5) is 5.82 Å². The lowest BCUT2D eigenvalue weighted by atomic mass is 9.85. The highest BCUT2D eigenvalue weighted by Crippen LogP contribution is 2.22. The van der Waals surface area contributed by atoms with Gasteiger partial charge in [-0.05, 0) is 29.5 Å². The Morgan fingerprint density at radius 2 is 2.14 bits per heavy atom. The Balaban J connectivity index is 2.70. The summed E-state index contributed by atoms with van der Waals surface area (Å²) in [4.78, 5) is 3.91. The first-order chi connectivity index (χ1) is 6.39. The molecule has 1 aromatic rings. The summed E-state index contributed by atoms with van der Waals surface area (Å²) >= 11 is 0. The molecule has 0 aliphatic carbocycles. The number of nitrogens with zero attached hydrogens (tertiary/aromatic N) is 1. The zero-order chi connectivity index (χ0) is 10.8. The van der Waals surface area contributed by atoms with Crippen molar-refractivity contribution in [2.45, 2.75) is 33.3 Å². The van der Waals surface area contributed by atoms with E-state index in [-0.39, 0.29) is 11.5 Å². The highest BCUT2D eigenvalue weighted by atomic mass is 16.3. The SMILES string of the molecule is CC(C)(C)C(O)Cc1ccnc(N)c1. The fraction of sp³-hybridized carbons (Fsp3) is 0.545. The van der Waals surface area contributed by atoms with Crippen molar-refractivity contribution in [3.05, 3.63) is 23.9 Å². The summed E-state index contributed by atoms with van der Waals surface area (Å²) in [6, 6.07) is 3.68. The lowest BCUT2D eigenvalue weighted by molar-refractivity contribution is 0.0636. The standard InChI is InChI=1S/C11H18N2O/c1-11(2,3)9(14)6-8-4-5-13-10(12)7-8/h4-5,7,9,14H,6H2,1-3H3,(H2,12,13). The lowest BCUT2D eigenvalue weighted by Crippen LogP contribution is -2.28. The number of rotatable bonds is 2. The molecule has 78 valence electrons. The Bertz CT molecular complexity index is 304. The minimum absolute atomic E-state index is 0.0992. The van der Waals surface area contributed by atoms with Crippen LogP contribution in [-0.4, -0.2) is 16.2 Å². The van der Waals surface area contributed by atoms with Gasteiger partial charge in [-0.15, -0.1) is 0 Å². The third kappa shape index (κ3) is 3.00. The van der Waals surface area contributed by atoms with Crippen molar-refractivity contribution in [1.29, 1.82) is 0 Å². The molecule has 1 aromatic heterocycles. The monoisotopic (exact) mass is 194 g/mol. The summed E-state index contributed by atoms with van der Waals surface area (Å²) in [7, 11) is 0. The van der Waals surface area contributed by atoms with Gasteiger partial charge in [0.05, 0.1) is 6.10 Å². The summed E-state index contributed by atoms with van der Waals surface area (Å²) in [6.07, 6.45) is 1.93. The molecule has 3 N–H and O–H groups in total. The fourth-order valence-electron chi connectivity index (χ4n) is 1.15. The maximum Gasteiger partial charge on any atom is 0.123 e. The minimum atomic E-state index is -0.357. The molecule has 0 saturated heterocycles. The van der Waals surface area contributed by atoms with Gasteiger partial charge in [-0.2, -0.15) is 0 Å². The van der Waals surface area contributed by atoms with Gasteiger partial charge in [0, 0.05) is 6.20 Å². The summed E-state index contributed by atoms with van der Waals surface area (Å²) < 4.78 is 0. The van der Waals surface area contributed by atoms with Crippen molar-refractivity contribution in [2.75, 3.05) is 5.73 Å². The van der Waals surface area contributed by atoms with Crippen LogP contribution < -0.4 is 5.73 Å². The fourth-order valence-corrected chi connectivity index (χ4v) is 1.15. The van der Waals surface area contributed by atoms with Gasteiger partial charge in [0.15, 0.2) is 0 Å². The van der Waals surface area contributed by atoms with E-state index in [1.807, 2.05) is 26.8 Å². The number of aliphatic hydroxyl groups is 1. The third-order valence-corrected chi connectivity index (χ3v) is 2.27.